The molecule has 39 heavy (non-hydrogen) atoms. The van der Waals surface area contributed by atoms with Crippen molar-refractivity contribution in [2.75, 3.05) is 25.1 Å². The molecule has 2 N–H and O–H groups in total. The Hall–Kier alpha value is -3.79. The summed E-state index contributed by atoms with van der Waals surface area (Å²) < 4.78 is 24.3. The summed E-state index contributed by atoms with van der Waals surface area (Å²) in [6.45, 7) is 7.55. The van der Waals surface area contributed by atoms with E-state index < -0.39 is 9.84 Å². The zero-order chi connectivity index (χ0) is 28.3. The van der Waals surface area contributed by atoms with E-state index >= 15 is 0 Å². The van der Waals surface area contributed by atoms with Crippen molar-refractivity contribution in [3.63, 3.8) is 0 Å². The molecule has 1 aliphatic rings. The number of sulfone groups is 1. The van der Waals surface area contributed by atoms with Crippen molar-refractivity contribution >= 4 is 44.2 Å². The smallest absolute Gasteiger partial charge is 0.261 e. The van der Waals surface area contributed by atoms with Gasteiger partial charge in [0.2, 0.25) is 5.91 Å². The number of carbonyl (C=O) groups excluding carboxylic acids is 1. The maximum atomic E-state index is 13.3. The lowest BCUT2D eigenvalue weighted by molar-refractivity contribution is -0.127. The molecule has 3 aromatic rings. The molecular formula is C29H35N5O4S. The summed E-state index contributed by atoms with van der Waals surface area (Å²) >= 11 is 0. The number of rotatable bonds is 9. The van der Waals surface area contributed by atoms with Crippen LogP contribution in [-0.4, -0.2) is 59.7 Å². The van der Waals surface area contributed by atoms with Crippen LogP contribution in [0.5, 0.6) is 0 Å². The molecule has 9 nitrogen and oxygen atoms in total. The average Bonchev–Trinajstić information content (AvgIpc) is 3.05. The summed E-state index contributed by atoms with van der Waals surface area (Å²) in [7, 11) is -3.20. The number of amides is 1. The second-order valence-corrected chi connectivity index (χ2v) is 12.3. The summed E-state index contributed by atoms with van der Waals surface area (Å²) in [5, 5.41) is 0.415. The summed E-state index contributed by atoms with van der Waals surface area (Å²) in [4.78, 5) is 37.2. The second kappa shape index (κ2) is 11.5. The van der Waals surface area contributed by atoms with Crippen LogP contribution < -0.4 is 11.3 Å². The van der Waals surface area contributed by atoms with E-state index in [4.69, 9.17) is 5.73 Å². The fourth-order valence-electron chi connectivity index (χ4n) is 4.80. The molecular weight excluding hydrogens is 514 g/mol. The van der Waals surface area contributed by atoms with Gasteiger partial charge in [-0.2, -0.15) is 0 Å². The van der Waals surface area contributed by atoms with E-state index in [1.165, 1.54) is 10.9 Å². The van der Waals surface area contributed by atoms with E-state index in [0.29, 0.717) is 41.1 Å². The van der Waals surface area contributed by atoms with Crippen molar-refractivity contribution in [1.29, 1.82) is 0 Å². The zero-order valence-corrected chi connectivity index (χ0v) is 23.7. The van der Waals surface area contributed by atoms with Crippen molar-refractivity contribution in [3.8, 4) is 11.1 Å². The Morgan fingerprint density at radius 1 is 1.10 bits per heavy atom. The van der Waals surface area contributed by atoms with Gasteiger partial charge in [0, 0.05) is 43.4 Å². The number of benzene rings is 2. The Balaban J connectivity index is 1.71. The van der Waals surface area contributed by atoms with Crippen molar-refractivity contribution in [3.05, 3.63) is 63.7 Å². The SMILES string of the molecule is CCCN(CCC)C(=O)C1=Cc2c(C)cc(-c3ccc4c(=O)n(CCS(C)(=O)=O)cnc4c3)cc2N=C(N)C1. The Labute approximate surface area is 229 Å². The fourth-order valence-corrected chi connectivity index (χ4v) is 5.33. The van der Waals surface area contributed by atoms with Crippen LogP contribution in [0.2, 0.25) is 0 Å². The van der Waals surface area contributed by atoms with Gasteiger partial charge in [-0.15, -0.1) is 0 Å². The normalized spacial score (nSPS) is 13.4. The Morgan fingerprint density at radius 2 is 1.82 bits per heavy atom. The number of aliphatic imine (C=N–C) groups is 1. The fraction of sp³-hybridized carbons (Fsp3) is 0.379. The number of nitrogens with zero attached hydrogens (tertiary/aromatic N) is 4. The lowest BCUT2D eigenvalue weighted by Gasteiger charge is -2.22. The van der Waals surface area contributed by atoms with E-state index in [1.54, 1.807) is 6.07 Å². The van der Waals surface area contributed by atoms with Crippen LogP contribution >= 0.6 is 0 Å². The number of aryl methyl sites for hydroxylation is 2. The molecule has 1 aliphatic heterocycles. The van der Waals surface area contributed by atoms with Gasteiger partial charge in [-0.1, -0.05) is 26.0 Å². The third-order valence-electron chi connectivity index (χ3n) is 6.73. The minimum absolute atomic E-state index is 0.00373. The first-order valence-corrected chi connectivity index (χ1v) is 15.2. The monoisotopic (exact) mass is 549 g/mol. The van der Waals surface area contributed by atoms with Crippen LogP contribution in [0.15, 0.2) is 52.0 Å². The highest BCUT2D eigenvalue weighted by Crippen LogP contribution is 2.35. The molecule has 0 atom stereocenters. The minimum Gasteiger partial charge on any atom is -0.387 e. The molecule has 0 saturated carbocycles. The molecule has 0 unspecified atom stereocenters. The number of carbonyl (C=O) groups is 1. The van der Waals surface area contributed by atoms with Gasteiger partial charge in [-0.25, -0.2) is 18.4 Å². The van der Waals surface area contributed by atoms with Crippen LogP contribution in [0.25, 0.3) is 28.1 Å². The number of fused-ring (bicyclic) bond motifs is 2. The Bertz CT molecular complexity index is 1650. The van der Waals surface area contributed by atoms with Crippen molar-refractivity contribution in [2.45, 2.75) is 46.6 Å². The molecule has 0 aliphatic carbocycles. The molecule has 4 rings (SSSR count). The first kappa shape index (κ1) is 28.2. The first-order chi connectivity index (χ1) is 18.5. The van der Waals surface area contributed by atoms with Gasteiger partial charge >= 0.3 is 0 Å². The van der Waals surface area contributed by atoms with Gasteiger partial charge in [0.05, 0.1) is 28.7 Å². The first-order valence-electron chi connectivity index (χ1n) is 13.2. The number of hydrogen-bond acceptors (Lipinski definition) is 7. The molecule has 2 heterocycles. The number of amidine groups is 1. The van der Waals surface area contributed by atoms with E-state index in [0.717, 1.165) is 41.4 Å². The van der Waals surface area contributed by atoms with Crippen LogP contribution in [0.3, 0.4) is 0 Å². The molecule has 0 spiro atoms. The maximum Gasteiger partial charge on any atom is 0.261 e. The molecule has 0 radical (unpaired) electrons. The predicted octanol–water partition coefficient (Wildman–Crippen LogP) is 3.84. The highest BCUT2D eigenvalue weighted by atomic mass is 32.2. The lowest BCUT2D eigenvalue weighted by Crippen LogP contribution is -2.34. The summed E-state index contributed by atoms with van der Waals surface area (Å²) in [6, 6.07) is 9.35. The quantitative estimate of drug-likeness (QED) is 0.432. The summed E-state index contributed by atoms with van der Waals surface area (Å²) in [5.41, 5.74) is 11.4. The number of nitrogens with two attached hydrogens (primary N) is 1. The maximum absolute atomic E-state index is 13.3. The molecule has 10 heteroatoms. The standard InChI is InChI=1S/C29H35N5O4S/c1-5-9-33(10-6-2)28(35)22-14-24-19(3)13-21(16-26(24)32-27(30)17-22)20-7-8-23-25(15-20)31-18-34(29(23)36)11-12-39(4,37)38/h7-8,13-16,18H,5-6,9-12,17H2,1-4H3,(H2,30,32). The van der Waals surface area contributed by atoms with E-state index in [1.807, 2.05) is 42.2 Å². The third kappa shape index (κ3) is 6.44. The highest BCUT2D eigenvalue weighted by molar-refractivity contribution is 7.90. The van der Waals surface area contributed by atoms with Gasteiger partial charge in [0.25, 0.3) is 5.56 Å². The van der Waals surface area contributed by atoms with Crippen LogP contribution in [0.4, 0.5) is 5.69 Å². The molecule has 0 bridgehead atoms. The van der Waals surface area contributed by atoms with Gasteiger partial charge in [-0.3, -0.25) is 14.2 Å². The average molecular weight is 550 g/mol. The Kier molecular flexibility index (Phi) is 8.34. The van der Waals surface area contributed by atoms with Crippen LogP contribution in [0.1, 0.15) is 44.2 Å². The second-order valence-electron chi connectivity index (χ2n) is 10.1. The van der Waals surface area contributed by atoms with Gasteiger partial charge in [0.15, 0.2) is 0 Å². The Morgan fingerprint density at radius 3 is 2.49 bits per heavy atom. The van der Waals surface area contributed by atoms with Crippen molar-refractivity contribution in [1.82, 2.24) is 14.5 Å². The summed E-state index contributed by atoms with van der Waals surface area (Å²) in [6.07, 6.45) is 6.50. The molecule has 1 amide bonds. The highest BCUT2D eigenvalue weighted by Gasteiger charge is 2.22. The largest absolute Gasteiger partial charge is 0.387 e. The number of aromatic nitrogens is 2. The van der Waals surface area contributed by atoms with E-state index in [2.05, 4.69) is 23.8 Å². The molecule has 206 valence electrons. The number of hydrogen-bond donors (Lipinski definition) is 1. The van der Waals surface area contributed by atoms with Crippen LogP contribution in [0, 0.1) is 6.92 Å². The van der Waals surface area contributed by atoms with Gasteiger partial charge in [-0.05, 0) is 60.7 Å². The van der Waals surface area contributed by atoms with E-state index in [-0.39, 0.29) is 30.2 Å². The molecule has 1 aromatic heterocycles. The zero-order valence-electron chi connectivity index (χ0n) is 22.9. The lowest BCUT2D eigenvalue weighted by atomic mass is 9.96. The molecule has 2 aromatic carbocycles. The molecule has 0 saturated heterocycles. The van der Waals surface area contributed by atoms with E-state index in [9.17, 15) is 18.0 Å². The van der Waals surface area contributed by atoms with Gasteiger partial charge < -0.3 is 10.6 Å². The summed E-state index contributed by atoms with van der Waals surface area (Å²) in [5.74, 6) is 0.247. The predicted molar refractivity (Wildman–Crippen MR) is 157 cm³/mol. The van der Waals surface area contributed by atoms with Crippen molar-refractivity contribution in [2.24, 2.45) is 10.7 Å². The third-order valence-corrected chi connectivity index (χ3v) is 7.65. The van der Waals surface area contributed by atoms with Crippen LogP contribution in [-0.2, 0) is 21.2 Å². The van der Waals surface area contributed by atoms with Crippen molar-refractivity contribution < 1.29 is 13.2 Å². The molecule has 0 fully saturated rings. The minimum atomic E-state index is -3.20. The topological polar surface area (TPSA) is 128 Å². The van der Waals surface area contributed by atoms with Gasteiger partial charge in [0.1, 0.15) is 15.7 Å².